The molecule has 0 aliphatic carbocycles. The molecule has 2 atom stereocenters. The van der Waals surface area contributed by atoms with Crippen LogP contribution in [0.2, 0.25) is 10.0 Å². The topological polar surface area (TPSA) is 60.9 Å². The van der Waals surface area contributed by atoms with Gasteiger partial charge in [0.2, 0.25) is 11.8 Å². The molecule has 0 bridgehead atoms. The molecule has 2 unspecified atom stereocenters. The summed E-state index contributed by atoms with van der Waals surface area (Å²) in [6, 6.07) is 12.9. The first-order chi connectivity index (χ1) is 17.2. The average molecular weight is 530 g/mol. The highest BCUT2D eigenvalue weighted by Gasteiger charge is 2.39. The monoisotopic (exact) mass is 529 g/mol. The van der Waals surface area contributed by atoms with E-state index in [2.05, 4.69) is 6.07 Å². The molecule has 192 valence electrons. The van der Waals surface area contributed by atoms with Crippen LogP contribution in [0.25, 0.3) is 0 Å². The first kappa shape index (κ1) is 26.5. The fraction of sp³-hybridized carbons (Fsp3) is 0.464. The number of nitrogens with zero attached hydrogens (tertiary/aromatic N) is 3. The van der Waals surface area contributed by atoms with Crippen molar-refractivity contribution < 1.29 is 14.4 Å². The molecule has 0 saturated carbocycles. The molecule has 4 rings (SSSR count). The van der Waals surface area contributed by atoms with Gasteiger partial charge in [-0.2, -0.15) is 0 Å². The molecule has 2 aromatic rings. The van der Waals surface area contributed by atoms with E-state index in [-0.39, 0.29) is 35.6 Å². The molecule has 0 spiro atoms. The van der Waals surface area contributed by atoms with Crippen molar-refractivity contribution in [2.24, 2.45) is 5.92 Å². The van der Waals surface area contributed by atoms with Gasteiger partial charge in [0.15, 0.2) is 0 Å². The predicted molar refractivity (Wildman–Crippen MR) is 142 cm³/mol. The third-order valence-corrected chi connectivity index (χ3v) is 8.37. The van der Waals surface area contributed by atoms with Crippen molar-refractivity contribution in [1.82, 2.24) is 14.7 Å². The van der Waals surface area contributed by atoms with Gasteiger partial charge in [-0.05, 0) is 67.6 Å². The summed E-state index contributed by atoms with van der Waals surface area (Å²) in [7, 11) is 1.83. The van der Waals surface area contributed by atoms with E-state index < -0.39 is 0 Å². The fourth-order valence-corrected chi connectivity index (χ4v) is 5.73. The van der Waals surface area contributed by atoms with Gasteiger partial charge in [0.25, 0.3) is 5.91 Å². The van der Waals surface area contributed by atoms with Crippen molar-refractivity contribution in [3.05, 3.63) is 69.2 Å². The van der Waals surface area contributed by atoms with Crippen LogP contribution in [0.1, 0.15) is 53.6 Å². The number of aryl methyl sites for hydroxylation is 1. The summed E-state index contributed by atoms with van der Waals surface area (Å²) in [5.74, 6) is -0.0126. The Labute approximate surface area is 223 Å². The van der Waals surface area contributed by atoms with E-state index in [0.717, 1.165) is 11.1 Å². The van der Waals surface area contributed by atoms with E-state index in [4.69, 9.17) is 23.2 Å². The van der Waals surface area contributed by atoms with Crippen LogP contribution in [0.3, 0.4) is 0 Å². The Morgan fingerprint density at radius 1 is 0.917 bits per heavy atom. The number of carbonyl (C=O) groups excluding carboxylic acids is 3. The van der Waals surface area contributed by atoms with E-state index in [1.165, 1.54) is 0 Å². The zero-order chi connectivity index (χ0) is 26.0. The SMILES string of the molecule is CC(=O)N1CCC(C(=O)N2CCC(N(C)C(=O)c3ccc(Cl)cc3)C(c3ccc(C)c(Cl)c3)C2)CC1. The maximum atomic E-state index is 13.5. The van der Waals surface area contributed by atoms with Crippen molar-refractivity contribution in [2.45, 2.75) is 45.1 Å². The lowest BCUT2D eigenvalue weighted by Crippen LogP contribution is -2.53. The Balaban J connectivity index is 1.55. The number of hydrogen-bond donors (Lipinski definition) is 0. The average Bonchev–Trinajstić information content (AvgIpc) is 2.89. The van der Waals surface area contributed by atoms with Crippen LogP contribution in [0.5, 0.6) is 0 Å². The number of piperidine rings is 2. The van der Waals surface area contributed by atoms with Gasteiger partial charge in [-0.15, -0.1) is 0 Å². The number of carbonyl (C=O) groups is 3. The lowest BCUT2D eigenvalue weighted by Gasteiger charge is -2.44. The molecule has 0 N–H and O–H groups in total. The molecular weight excluding hydrogens is 497 g/mol. The molecule has 2 aliphatic rings. The third kappa shape index (κ3) is 5.70. The standard InChI is InChI=1S/C28H33Cl2N3O3/c1-18-4-5-22(16-25(18)30)24-17-33(28(36)21-10-13-32(14-11-21)19(2)34)15-12-26(24)31(3)27(35)20-6-8-23(29)9-7-20/h4-9,16,21,24,26H,10-15,17H2,1-3H3. The van der Waals surface area contributed by atoms with E-state index in [1.807, 2.05) is 35.9 Å². The van der Waals surface area contributed by atoms with Crippen LogP contribution in [0.15, 0.2) is 42.5 Å². The summed E-state index contributed by atoms with van der Waals surface area (Å²) in [4.78, 5) is 44.1. The summed E-state index contributed by atoms with van der Waals surface area (Å²) in [6.07, 6.45) is 2.05. The first-order valence-corrected chi connectivity index (χ1v) is 13.2. The van der Waals surface area contributed by atoms with Crippen molar-refractivity contribution in [3.63, 3.8) is 0 Å². The van der Waals surface area contributed by atoms with Gasteiger partial charge in [-0.1, -0.05) is 35.3 Å². The smallest absolute Gasteiger partial charge is 0.253 e. The Morgan fingerprint density at radius 2 is 1.56 bits per heavy atom. The second-order valence-electron chi connectivity index (χ2n) is 9.96. The highest BCUT2D eigenvalue weighted by Crippen LogP contribution is 2.34. The highest BCUT2D eigenvalue weighted by atomic mass is 35.5. The quantitative estimate of drug-likeness (QED) is 0.558. The van der Waals surface area contributed by atoms with Crippen LogP contribution in [0.4, 0.5) is 0 Å². The van der Waals surface area contributed by atoms with Gasteiger partial charge >= 0.3 is 0 Å². The molecule has 2 fully saturated rings. The van der Waals surface area contributed by atoms with E-state index in [1.54, 1.807) is 36.1 Å². The van der Waals surface area contributed by atoms with Gasteiger partial charge < -0.3 is 14.7 Å². The summed E-state index contributed by atoms with van der Waals surface area (Å²) in [6.45, 7) is 5.89. The summed E-state index contributed by atoms with van der Waals surface area (Å²) >= 11 is 12.5. The van der Waals surface area contributed by atoms with E-state index in [9.17, 15) is 14.4 Å². The van der Waals surface area contributed by atoms with Crippen LogP contribution >= 0.6 is 23.2 Å². The Bertz CT molecular complexity index is 1130. The zero-order valence-electron chi connectivity index (χ0n) is 21.0. The molecule has 2 heterocycles. The van der Waals surface area contributed by atoms with Gasteiger partial charge in [0.05, 0.1) is 0 Å². The van der Waals surface area contributed by atoms with Crippen molar-refractivity contribution in [2.75, 3.05) is 33.2 Å². The second-order valence-corrected chi connectivity index (χ2v) is 10.8. The van der Waals surface area contributed by atoms with Crippen LogP contribution in [-0.2, 0) is 9.59 Å². The largest absolute Gasteiger partial charge is 0.343 e. The van der Waals surface area contributed by atoms with E-state index >= 15 is 0 Å². The summed E-state index contributed by atoms with van der Waals surface area (Å²) in [5, 5.41) is 1.26. The van der Waals surface area contributed by atoms with Crippen LogP contribution in [0, 0.1) is 12.8 Å². The van der Waals surface area contributed by atoms with Crippen molar-refractivity contribution in [3.8, 4) is 0 Å². The summed E-state index contributed by atoms with van der Waals surface area (Å²) < 4.78 is 0. The van der Waals surface area contributed by atoms with Crippen molar-refractivity contribution >= 4 is 40.9 Å². The molecule has 2 aromatic carbocycles. The Kier molecular flexibility index (Phi) is 8.26. The van der Waals surface area contributed by atoms with Gasteiger partial charge in [-0.3, -0.25) is 14.4 Å². The molecule has 2 saturated heterocycles. The second kappa shape index (κ2) is 11.2. The summed E-state index contributed by atoms with van der Waals surface area (Å²) in [5.41, 5.74) is 2.59. The number of amides is 3. The number of benzene rings is 2. The molecule has 36 heavy (non-hydrogen) atoms. The molecule has 0 radical (unpaired) electrons. The Hall–Kier alpha value is -2.57. The molecular formula is C28H33Cl2N3O3. The number of halogens is 2. The van der Waals surface area contributed by atoms with Gasteiger partial charge in [-0.25, -0.2) is 0 Å². The minimum absolute atomic E-state index is 0.0615. The van der Waals surface area contributed by atoms with Crippen LogP contribution < -0.4 is 0 Å². The number of rotatable bonds is 4. The maximum absolute atomic E-state index is 13.5. The normalized spacial score (nSPS) is 20.8. The minimum Gasteiger partial charge on any atom is -0.343 e. The molecule has 3 amide bonds. The fourth-order valence-electron chi connectivity index (χ4n) is 5.42. The molecule has 6 nitrogen and oxygen atoms in total. The zero-order valence-corrected chi connectivity index (χ0v) is 22.6. The Morgan fingerprint density at radius 3 is 2.17 bits per heavy atom. The van der Waals surface area contributed by atoms with Crippen LogP contribution in [-0.4, -0.2) is 71.7 Å². The first-order valence-electron chi connectivity index (χ1n) is 12.5. The molecule has 2 aliphatic heterocycles. The number of likely N-dealkylation sites (N-methyl/N-ethyl adjacent to an activating group) is 1. The van der Waals surface area contributed by atoms with Gasteiger partial charge in [0.1, 0.15) is 0 Å². The molecule has 0 aromatic heterocycles. The lowest BCUT2D eigenvalue weighted by atomic mass is 9.83. The predicted octanol–water partition coefficient (Wildman–Crippen LogP) is 5.02. The molecule has 8 heteroatoms. The van der Waals surface area contributed by atoms with Gasteiger partial charge in [0, 0.05) is 73.6 Å². The highest BCUT2D eigenvalue weighted by molar-refractivity contribution is 6.31. The lowest BCUT2D eigenvalue weighted by molar-refractivity contribution is -0.141. The number of hydrogen-bond acceptors (Lipinski definition) is 3. The van der Waals surface area contributed by atoms with E-state index in [0.29, 0.717) is 61.1 Å². The number of likely N-dealkylation sites (tertiary alicyclic amines) is 2. The maximum Gasteiger partial charge on any atom is 0.253 e. The van der Waals surface area contributed by atoms with Crippen molar-refractivity contribution in [1.29, 1.82) is 0 Å². The third-order valence-electron chi connectivity index (χ3n) is 7.71. The minimum atomic E-state index is -0.0874.